The number of hydrogen-bond donors (Lipinski definition) is 1. The first-order valence-electron chi connectivity index (χ1n) is 6.28. The Bertz CT molecular complexity index is 491. The van der Waals surface area contributed by atoms with E-state index in [4.69, 9.17) is 10.5 Å². The Morgan fingerprint density at radius 2 is 1.83 bits per heavy atom. The molecule has 2 N–H and O–H groups in total. The van der Waals surface area contributed by atoms with Crippen LogP contribution in [0.2, 0.25) is 0 Å². The lowest BCUT2D eigenvalue weighted by atomic mass is 10.1. The van der Waals surface area contributed by atoms with E-state index >= 15 is 0 Å². The van der Waals surface area contributed by atoms with E-state index in [9.17, 15) is 0 Å². The molecule has 0 aromatic heterocycles. The molecule has 0 radical (unpaired) electrons. The molecule has 0 aliphatic rings. The van der Waals surface area contributed by atoms with Crippen LogP contribution in [0.3, 0.4) is 0 Å². The molecule has 0 fully saturated rings. The van der Waals surface area contributed by atoms with E-state index in [0.717, 1.165) is 30.9 Å². The minimum Gasteiger partial charge on any atom is -0.494 e. The van der Waals surface area contributed by atoms with Crippen molar-refractivity contribution >= 4 is 5.69 Å². The molecule has 0 unspecified atom stereocenters. The number of aryl methyl sites for hydroxylation is 2. The van der Waals surface area contributed by atoms with Crippen molar-refractivity contribution in [1.29, 1.82) is 0 Å². The van der Waals surface area contributed by atoms with Gasteiger partial charge in [-0.15, -0.1) is 0 Å². The summed E-state index contributed by atoms with van der Waals surface area (Å²) in [5, 5.41) is 0. The molecule has 2 nitrogen and oxygen atoms in total. The minimum absolute atomic E-state index is 0.720. The molecule has 2 aromatic carbocycles. The van der Waals surface area contributed by atoms with E-state index in [1.807, 2.05) is 24.3 Å². The first-order valence-corrected chi connectivity index (χ1v) is 6.28. The van der Waals surface area contributed by atoms with Gasteiger partial charge in [-0.3, -0.25) is 0 Å². The van der Waals surface area contributed by atoms with Crippen molar-refractivity contribution in [2.45, 2.75) is 19.8 Å². The van der Waals surface area contributed by atoms with Crippen molar-refractivity contribution in [3.8, 4) is 5.75 Å². The van der Waals surface area contributed by atoms with Crippen LogP contribution < -0.4 is 10.5 Å². The van der Waals surface area contributed by atoms with E-state index in [1.165, 1.54) is 11.1 Å². The molecule has 0 aliphatic heterocycles. The zero-order valence-corrected chi connectivity index (χ0v) is 10.7. The van der Waals surface area contributed by atoms with Gasteiger partial charge in [-0.05, 0) is 37.5 Å². The highest BCUT2D eigenvalue weighted by atomic mass is 16.5. The van der Waals surface area contributed by atoms with Crippen LogP contribution in [0.1, 0.15) is 17.5 Å². The fourth-order valence-electron chi connectivity index (χ4n) is 1.83. The maximum Gasteiger partial charge on any atom is 0.121 e. The van der Waals surface area contributed by atoms with Gasteiger partial charge in [-0.1, -0.05) is 35.9 Å². The standard InChI is InChI=1S/C16H19NO/c1-13-7-9-14(10-8-13)4-3-11-18-16-6-2-5-15(17)12-16/h2,5-10,12H,3-4,11,17H2,1H3. The second-order valence-electron chi connectivity index (χ2n) is 4.51. The Hall–Kier alpha value is -1.96. The monoisotopic (exact) mass is 241 g/mol. The van der Waals surface area contributed by atoms with Gasteiger partial charge >= 0.3 is 0 Å². The third-order valence-electron chi connectivity index (χ3n) is 2.86. The summed E-state index contributed by atoms with van der Waals surface area (Å²) >= 11 is 0. The number of hydrogen-bond acceptors (Lipinski definition) is 2. The van der Waals surface area contributed by atoms with E-state index in [-0.39, 0.29) is 0 Å². The molecule has 0 saturated carbocycles. The molecule has 0 amide bonds. The Kier molecular flexibility index (Phi) is 4.24. The Labute approximate surface area is 108 Å². The lowest BCUT2D eigenvalue weighted by Gasteiger charge is -2.07. The summed E-state index contributed by atoms with van der Waals surface area (Å²) in [6, 6.07) is 16.2. The third-order valence-corrected chi connectivity index (χ3v) is 2.86. The normalized spacial score (nSPS) is 10.3. The highest BCUT2D eigenvalue weighted by molar-refractivity contribution is 5.43. The highest BCUT2D eigenvalue weighted by Crippen LogP contribution is 2.15. The Balaban J connectivity index is 1.74. The fourth-order valence-corrected chi connectivity index (χ4v) is 1.83. The largest absolute Gasteiger partial charge is 0.494 e. The van der Waals surface area contributed by atoms with Crippen molar-refractivity contribution in [3.63, 3.8) is 0 Å². The summed E-state index contributed by atoms with van der Waals surface area (Å²) in [5.41, 5.74) is 9.09. The third kappa shape index (κ3) is 3.81. The lowest BCUT2D eigenvalue weighted by Crippen LogP contribution is -1.99. The van der Waals surface area contributed by atoms with Gasteiger partial charge < -0.3 is 10.5 Å². The molecule has 2 rings (SSSR count). The SMILES string of the molecule is Cc1ccc(CCCOc2cccc(N)c2)cc1. The van der Waals surface area contributed by atoms with Crippen LogP contribution in [0.4, 0.5) is 5.69 Å². The number of ether oxygens (including phenoxy) is 1. The summed E-state index contributed by atoms with van der Waals surface area (Å²) in [6.45, 7) is 2.82. The van der Waals surface area contributed by atoms with Crippen LogP contribution in [-0.2, 0) is 6.42 Å². The quantitative estimate of drug-likeness (QED) is 0.641. The smallest absolute Gasteiger partial charge is 0.121 e. The summed E-state index contributed by atoms with van der Waals surface area (Å²) in [4.78, 5) is 0. The zero-order valence-electron chi connectivity index (χ0n) is 10.7. The van der Waals surface area contributed by atoms with Crippen molar-refractivity contribution in [3.05, 3.63) is 59.7 Å². The first-order chi connectivity index (χ1) is 8.74. The van der Waals surface area contributed by atoms with Gasteiger partial charge in [0.25, 0.3) is 0 Å². The fraction of sp³-hybridized carbons (Fsp3) is 0.250. The van der Waals surface area contributed by atoms with Gasteiger partial charge in [0.1, 0.15) is 5.75 Å². The Morgan fingerprint density at radius 1 is 1.06 bits per heavy atom. The summed E-state index contributed by atoms with van der Waals surface area (Å²) in [6.07, 6.45) is 2.06. The molecule has 0 heterocycles. The number of anilines is 1. The van der Waals surface area contributed by atoms with Crippen LogP contribution in [0.5, 0.6) is 5.75 Å². The van der Waals surface area contributed by atoms with Crippen LogP contribution >= 0.6 is 0 Å². The van der Waals surface area contributed by atoms with E-state index < -0.39 is 0 Å². The maximum absolute atomic E-state index is 5.69. The topological polar surface area (TPSA) is 35.2 Å². The molecule has 2 heteroatoms. The van der Waals surface area contributed by atoms with Gasteiger partial charge in [0.2, 0.25) is 0 Å². The second kappa shape index (κ2) is 6.10. The number of nitrogen functional groups attached to an aromatic ring is 1. The number of nitrogens with two attached hydrogens (primary N) is 1. The predicted molar refractivity (Wildman–Crippen MR) is 75.8 cm³/mol. The maximum atomic E-state index is 5.69. The average molecular weight is 241 g/mol. The van der Waals surface area contributed by atoms with E-state index in [1.54, 1.807) is 0 Å². The van der Waals surface area contributed by atoms with E-state index in [0.29, 0.717) is 0 Å². The van der Waals surface area contributed by atoms with Crippen LogP contribution in [0.15, 0.2) is 48.5 Å². The van der Waals surface area contributed by atoms with Crippen LogP contribution in [0.25, 0.3) is 0 Å². The average Bonchev–Trinajstić information content (AvgIpc) is 2.37. The first kappa shape index (κ1) is 12.5. The second-order valence-corrected chi connectivity index (χ2v) is 4.51. The summed E-state index contributed by atoms with van der Waals surface area (Å²) in [7, 11) is 0. The van der Waals surface area contributed by atoms with Crippen molar-refractivity contribution in [2.24, 2.45) is 0 Å². The molecule has 0 atom stereocenters. The molecule has 94 valence electrons. The number of rotatable bonds is 5. The summed E-state index contributed by atoms with van der Waals surface area (Å²) < 4.78 is 5.65. The molecule has 0 spiro atoms. The summed E-state index contributed by atoms with van der Waals surface area (Å²) in [5.74, 6) is 0.846. The molecule has 0 bridgehead atoms. The van der Waals surface area contributed by atoms with Crippen molar-refractivity contribution < 1.29 is 4.74 Å². The highest BCUT2D eigenvalue weighted by Gasteiger charge is 1.96. The lowest BCUT2D eigenvalue weighted by molar-refractivity contribution is 0.311. The number of benzene rings is 2. The molecule has 2 aromatic rings. The van der Waals surface area contributed by atoms with Gasteiger partial charge in [0.15, 0.2) is 0 Å². The molecular weight excluding hydrogens is 222 g/mol. The van der Waals surface area contributed by atoms with Crippen molar-refractivity contribution in [1.82, 2.24) is 0 Å². The molecule has 0 aliphatic carbocycles. The zero-order chi connectivity index (χ0) is 12.8. The van der Waals surface area contributed by atoms with Crippen LogP contribution in [-0.4, -0.2) is 6.61 Å². The molecule has 0 saturated heterocycles. The molecule has 18 heavy (non-hydrogen) atoms. The van der Waals surface area contributed by atoms with Gasteiger partial charge in [0, 0.05) is 11.8 Å². The van der Waals surface area contributed by atoms with Gasteiger partial charge in [-0.2, -0.15) is 0 Å². The van der Waals surface area contributed by atoms with Gasteiger partial charge in [0.05, 0.1) is 6.61 Å². The van der Waals surface area contributed by atoms with Crippen molar-refractivity contribution in [2.75, 3.05) is 12.3 Å². The van der Waals surface area contributed by atoms with E-state index in [2.05, 4.69) is 31.2 Å². The predicted octanol–water partition coefficient (Wildman–Crippen LogP) is 3.59. The Morgan fingerprint density at radius 3 is 2.56 bits per heavy atom. The molecular formula is C16H19NO. The minimum atomic E-state index is 0.720. The van der Waals surface area contributed by atoms with Gasteiger partial charge in [-0.25, -0.2) is 0 Å². The van der Waals surface area contributed by atoms with Crippen LogP contribution in [0, 0.1) is 6.92 Å².